The molecular weight excluding hydrogens is 346 g/mol. The monoisotopic (exact) mass is 383 g/mol. The molecule has 1 N–H and O–H groups in total. The third kappa shape index (κ3) is 5.61. The van der Waals surface area contributed by atoms with Crippen molar-refractivity contribution in [3.63, 3.8) is 0 Å². The van der Waals surface area contributed by atoms with Gasteiger partial charge in [-0.15, -0.1) is 0 Å². The number of hydrogen-bond donors (Lipinski definition) is 1. The van der Waals surface area contributed by atoms with E-state index in [1.807, 2.05) is 0 Å². The molecule has 3 aliphatic rings. The van der Waals surface area contributed by atoms with Crippen LogP contribution in [0.1, 0.15) is 58.8 Å². The lowest BCUT2D eigenvalue weighted by Gasteiger charge is -2.38. The molecule has 5 nitrogen and oxygen atoms in total. The molecule has 0 aromatic carbocycles. The van der Waals surface area contributed by atoms with Crippen LogP contribution in [-0.4, -0.2) is 57.0 Å². The summed E-state index contributed by atoms with van der Waals surface area (Å²) in [5, 5.41) is 3.67. The van der Waals surface area contributed by atoms with E-state index in [9.17, 15) is 8.42 Å². The molecule has 2 saturated heterocycles. The second-order valence-corrected chi connectivity index (χ2v) is 11.2. The molecule has 3 fully saturated rings. The van der Waals surface area contributed by atoms with Crippen molar-refractivity contribution in [1.82, 2.24) is 10.2 Å². The maximum absolute atomic E-state index is 11.7. The number of guanidine groups is 1. The van der Waals surface area contributed by atoms with Gasteiger partial charge in [-0.25, -0.2) is 8.42 Å². The van der Waals surface area contributed by atoms with Crippen molar-refractivity contribution in [3.8, 4) is 0 Å². The molecule has 2 aliphatic heterocycles. The van der Waals surface area contributed by atoms with Crippen molar-refractivity contribution in [2.75, 3.05) is 37.7 Å². The minimum atomic E-state index is -2.82. The molecular formula is C20H37N3O2S. The zero-order valence-electron chi connectivity index (χ0n) is 16.6. The molecule has 1 aliphatic carbocycles. The molecule has 26 heavy (non-hydrogen) atoms. The van der Waals surface area contributed by atoms with Crippen LogP contribution in [0, 0.1) is 23.7 Å². The standard InChI is InChI=1S/C20H37N3O2S/c1-16-8-10-23(14-17(16)2)20(21-12-18-6-4-3-5-7-18)22-13-19-9-11-26(24,25)15-19/h16-19H,3-15H2,1-2H3,(H,21,22). The molecule has 0 radical (unpaired) electrons. The fourth-order valence-electron chi connectivity index (χ4n) is 4.58. The Hall–Kier alpha value is -0.780. The Morgan fingerprint density at radius 2 is 1.81 bits per heavy atom. The van der Waals surface area contributed by atoms with Gasteiger partial charge in [-0.1, -0.05) is 33.1 Å². The average molecular weight is 384 g/mol. The topological polar surface area (TPSA) is 61.8 Å². The number of piperidine rings is 1. The number of likely N-dealkylation sites (tertiary alicyclic amines) is 1. The summed E-state index contributed by atoms with van der Waals surface area (Å²) in [6.45, 7) is 8.46. The highest BCUT2D eigenvalue weighted by atomic mass is 32.2. The number of sulfone groups is 1. The van der Waals surface area contributed by atoms with Gasteiger partial charge in [0.05, 0.1) is 11.5 Å². The molecule has 150 valence electrons. The molecule has 3 unspecified atom stereocenters. The number of nitrogens with one attached hydrogen (secondary N) is 1. The van der Waals surface area contributed by atoms with Crippen LogP contribution in [0.5, 0.6) is 0 Å². The van der Waals surface area contributed by atoms with Crippen LogP contribution in [0.4, 0.5) is 0 Å². The zero-order valence-corrected chi connectivity index (χ0v) is 17.4. The Labute approximate surface area is 159 Å². The van der Waals surface area contributed by atoms with Gasteiger partial charge in [-0.3, -0.25) is 4.99 Å². The van der Waals surface area contributed by atoms with Gasteiger partial charge in [0.2, 0.25) is 0 Å². The highest BCUT2D eigenvalue weighted by Gasteiger charge is 2.29. The van der Waals surface area contributed by atoms with Crippen molar-refractivity contribution >= 4 is 15.8 Å². The van der Waals surface area contributed by atoms with E-state index < -0.39 is 9.84 Å². The maximum atomic E-state index is 11.7. The van der Waals surface area contributed by atoms with Gasteiger partial charge in [0.1, 0.15) is 0 Å². The molecule has 1 saturated carbocycles. The molecule has 0 bridgehead atoms. The lowest BCUT2D eigenvalue weighted by molar-refractivity contribution is 0.198. The summed E-state index contributed by atoms with van der Waals surface area (Å²) in [6.07, 6.45) is 8.74. The van der Waals surface area contributed by atoms with Crippen molar-refractivity contribution in [3.05, 3.63) is 0 Å². The number of nitrogens with zero attached hydrogens (tertiary/aromatic N) is 2. The molecule has 3 atom stereocenters. The first kappa shape index (κ1) is 20.0. The fraction of sp³-hybridized carbons (Fsp3) is 0.950. The highest BCUT2D eigenvalue weighted by molar-refractivity contribution is 7.91. The SMILES string of the molecule is CC1CCN(C(=NCC2CCS(=O)(=O)C2)NCC2CCCCC2)CC1C. The van der Waals surface area contributed by atoms with Crippen molar-refractivity contribution in [2.24, 2.45) is 28.7 Å². The predicted molar refractivity (Wildman–Crippen MR) is 108 cm³/mol. The highest BCUT2D eigenvalue weighted by Crippen LogP contribution is 2.25. The van der Waals surface area contributed by atoms with E-state index in [1.54, 1.807) is 0 Å². The van der Waals surface area contributed by atoms with E-state index in [2.05, 4.69) is 24.1 Å². The molecule has 0 amide bonds. The summed E-state index contributed by atoms with van der Waals surface area (Å²) in [7, 11) is -2.82. The first-order chi connectivity index (χ1) is 12.4. The van der Waals surface area contributed by atoms with Crippen LogP contribution < -0.4 is 5.32 Å². The first-order valence-corrected chi connectivity index (χ1v) is 12.5. The minimum absolute atomic E-state index is 0.201. The Morgan fingerprint density at radius 3 is 2.46 bits per heavy atom. The Morgan fingerprint density at radius 1 is 1.04 bits per heavy atom. The van der Waals surface area contributed by atoms with E-state index >= 15 is 0 Å². The number of hydrogen-bond acceptors (Lipinski definition) is 3. The lowest BCUT2D eigenvalue weighted by atomic mass is 9.88. The summed E-state index contributed by atoms with van der Waals surface area (Å²) in [5.41, 5.74) is 0. The van der Waals surface area contributed by atoms with Crippen LogP contribution in [0.25, 0.3) is 0 Å². The average Bonchev–Trinajstić information content (AvgIpc) is 2.97. The van der Waals surface area contributed by atoms with Crippen LogP contribution in [0.3, 0.4) is 0 Å². The molecule has 0 aromatic rings. The molecule has 6 heteroatoms. The number of aliphatic imine (C=N–C) groups is 1. The second kappa shape index (κ2) is 8.94. The maximum Gasteiger partial charge on any atom is 0.193 e. The number of rotatable bonds is 4. The third-order valence-electron chi connectivity index (χ3n) is 6.73. The van der Waals surface area contributed by atoms with Crippen LogP contribution in [0.15, 0.2) is 4.99 Å². The molecule has 2 heterocycles. The van der Waals surface area contributed by atoms with E-state index in [4.69, 9.17) is 4.99 Å². The predicted octanol–water partition coefficient (Wildman–Crippen LogP) is 2.92. The van der Waals surface area contributed by atoms with E-state index in [-0.39, 0.29) is 5.92 Å². The van der Waals surface area contributed by atoms with Gasteiger partial charge < -0.3 is 10.2 Å². The van der Waals surface area contributed by atoms with Gasteiger partial charge in [0.15, 0.2) is 15.8 Å². The summed E-state index contributed by atoms with van der Waals surface area (Å²) >= 11 is 0. The van der Waals surface area contributed by atoms with Gasteiger partial charge in [0.25, 0.3) is 0 Å². The normalized spacial score (nSPS) is 33.4. The van der Waals surface area contributed by atoms with Crippen LogP contribution >= 0.6 is 0 Å². The van der Waals surface area contributed by atoms with E-state index in [0.717, 1.165) is 43.9 Å². The molecule has 0 aromatic heterocycles. The zero-order chi connectivity index (χ0) is 18.6. The van der Waals surface area contributed by atoms with Crippen molar-refractivity contribution < 1.29 is 8.42 Å². The van der Waals surface area contributed by atoms with Crippen molar-refractivity contribution in [1.29, 1.82) is 0 Å². The smallest absolute Gasteiger partial charge is 0.193 e. The largest absolute Gasteiger partial charge is 0.356 e. The molecule has 3 rings (SSSR count). The van der Waals surface area contributed by atoms with E-state index in [0.29, 0.717) is 24.0 Å². The second-order valence-electron chi connectivity index (χ2n) is 9.01. The Balaban J connectivity index is 1.61. The fourth-order valence-corrected chi connectivity index (χ4v) is 6.43. The summed E-state index contributed by atoms with van der Waals surface area (Å²) in [6, 6.07) is 0. The summed E-state index contributed by atoms with van der Waals surface area (Å²) in [5.74, 6) is 4.10. The Bertz CT molecular complexity index is 584. The Kier molecular flexibility index (Phi) is 6.87. The van der Waals surface area contributed by atoms with Gasteiger partial charge in [0, 0.05) is 26.2 Å². The van der Waals surface area contributed by atoms with E-state index in [1.165, 1.54) is 38.5 Å². The van der Waals surface area contributed by atoms with Crippen LogP contribution in [-0.2, 0) is 9.84 Å². The van der Waals surface area contributed by atoms with Gasteiger partial charge in [-0.05, 0) is 49.4 Å². The lowest BCUT2D eigenvalue weighted by Crippen LogP contribution is -2.49. The van der Waals surface area contributed by atoms with Gasteiger partial charge >= 0.3 is 0 Å². The minimum Gasteiger partial charge on any atom is -0.356 e. The summed E-state index contributed by atoms with van der Waals surface area (Å²) in [4.78, 5) is 7.32. The molecule has 0 spiro atoms. The summed E-state index contributed by atoms with van der Waals surface area (Å²) < 4.78 is 23.4. The van der Waals surface area contributed by atoms with Crippen LogP contribution in [0.2, 0.25) is 0 Å². The van der Waals surface area contributed by atoms with Crippen molar-refractivity contribution in [2.45, 2.75) is 58.8 Å². The quantitative estimate of drug-likeness (QED) is 0.599. The first-order valence-electron chi connectivity index (χ1n) is 10.7. The van der Waals surface area contributed by atoms with Gasteiger partial charge in [-0.2, -0.15) is 0 Å². The third-order valence-corrected chi connectivity index (χ3v) is 8.57.